The van der Waals surface area contributed by atoms with Crippen molar-refractivity contribution in [2.45, 2.75) is 32.2 Å². The van der Waals surface area contributed by atoms with Crippen LogP contribution in [-0.4, -0.2) is 31.8 Å². The minimum atomic E-state index is -0.784. The van der Waals surface area contributed by atoms with Crippen LogP contribution in [0.3, 0.4) is 0 Å². The third kappa shape index (κ3) is 6.16. The summed E-state index contributed by atoms with van der Waals surface area (Å²) in [5, 5.41) is 2.52. The van der Waals surface area contributed by atoms with Gasteiger partial charge < -0.3 is 20.5 Å². The summed E-state index contributed by atoms with van der Waals surface area (Å²) in [5.74, 6) is -0.515. The first-order valence-corrected chi connectivity index (χ1v) is 6.92. The minimum Gasteiger partial charge on any atom is -0.467 e. The fourth-order valence-corrected chi connectivity index (χ4v) is 1.72. The van der Waals surface area contributed by atoms with E-state index in [4.69, 9.17) is 15.2 Å². The number of hydrogen-bond donors (Lipinski definition) is 2. The number of nitrogen functional groups attached to an aromatic ring is 1. The summed E-state index contributed by atoms with van der Waals surface area (Å²) in [6.45, 7) is 2.33. The number of ether oxygens (including phenoxy) is 2. The number of hydrogen-bond acceptors (Lipinski definition) is 5. The number of esters is 1. The summed E-state index contributed by atoms with van der Waals surface area (Å²) >= 11 is 0. The van der Waals surface area contributed by atoms with Gasteiger partial charge in [-0.25, -0.2) is 9.59 Å². The molecule has 1 aromatic carbocycles. The van der Waals surface area contributed by atoms with E-state index in [2.05, 4.69) is 5.32 Å². The second kappa shape index (κ2) is 8.84. The van der Waals surface area contributed by atoms with Gasteiger partial charge in [-0.2, -0.15) is 0 Å². The molecule has 0 aliphatic heterocycles. The Morgan fingerprint density at radius 2 is 1.95 bits per heavy atom. The predicted octanol–water partition coefficient (Wildman–Crippen LogP) is 1.88. The highest BCUT2D eigenvalue weighted by Gasteiger charge is 2.22. The lowest BCUT2D eigenvalue weighted by Crippen LogP contribution is -2.43. The molecular formula is C15H22N2O4. The Hall–Kier alpha value is -2.24. The molecule has 1 rings (SSSR count). The Balaban J connectivity index is 2.61. The van der Waals surface area contributed by atoms with E-state index >= 15 is 0 Å². The lowest BCUT2D eigenvalue weighted by molar-refractivity contribution is -0.142. The van der Waals surface area contributed by atoms with Crippen LogP contribution in [0.15, 0.2) is 24.3 Å². The van der Waals surface area contributed by atoms with E-state index in [0.29, 0.717) is 18.7 Å². The van der Waals surface area contributed by atoms with Crippen molar-refractivity contribution in [3.8, 4) is 0 Å². The predicted molar refractivity (Wildman–Crippen MR) is 79.8 cm³/mol. The summed E-state index contributed by atoms with van der Waals surface area (Å²) in [5.41, 5.74) is 7.12. The normalized spacial score (nSPS) is 11.5. The van der Waals surface area contributed by atoms with Gasteiger partial charge in [0.1, 0.15) is 6.04 Å². The number of carbonyl (C=O) groups excluding carboxylic acids is 2. The van der Waals surface area contributed by atoms with Crippen LogP contribution in [0.2, 0.25) is 0 Å². The van der Waals surface area contributed by atoms with Gasteiger partial charge in [-0.05, 0) is 24.1 Å². The Kier molecular flexibility index (Phi) is 7.08. The molecule has 1 unspecified atom stereocenters. The van der Waals surface area contributed by atoms with Crippen molar-refractivity contribution in [3.63, 3.8) is 0 Å². The van der Waals surface area contributed by atoms with Crippen molar-refractivity contribution >= 4 is 17.7 Å². The number of carbonyl (C=O) groups is 2. The molecule has 1 aromatic rings. The highest BCUT2D eigenvalue weighted by atomic mass is 16.6. The average molecular weight is 294 g/mol. The average Bonchev–Trinajstić information content (AvgIpc) is 2.48. The third-order valence-electron chi connectivity index (χ3n) is 2.93. The number of benzene rings is 1. The molecule has 1 amide bonds. The summed E-state index contributed by atoms with van der Waals surface area (Å²) in [7, 11) is 1.28. The molecule has 6 nitrogen and oxygen atoms in total. The van der Waals surface area contributed by atoms with Crippen molar-refractivity contribution in [2.24, 2.45) is 0 Å². The number of nitrogens with two attached hydrogens (primary N) is 1. The van der Waals surface area contributed by atoms with Crippen molar-refractivity contribution in [1.29, 1.82) is 0 Å². The van der Waals surface area contributed by atoms with Gasteiger partial charge in [-0.3, -0.25) is 0 Å². The van der Waals surface area contributed by atoms with Gasteiger partial charge in [0.2, 0.25) is 0 Å². The second-order valence-electron chi connectivity index (χ2n) is 4.66. The van der Waals surface area contributed by atoms with Crippen molar-refractivity contribution in [1.82, 2.24) is 5.32 Å². The number of alkyl carbamates (subject to hydrolysis) is 1. The molecule has 0 saturated heterocycles. The summed E-state index contributed by atoms with van der Waals surface area (Å²) in [6, 6.07) is 6.30. The quantitative estimate of drug-likeness (QED) is 0.455. The number of nitrogens with one attached hydrogen (secondary N) is 1. The SMILES string of the molecule is CCCCOC(=O)NC(Cc1ccc(N)cc1)C(=O)OC. The first-order valence-electron chi connectivity index (χ1n) is 6.92. The zero-order valence-corrected chi connectivity index (χ0v) is 12.4. The molecule has 21 heavy (non-hydrogen) atoms. The Morgan fingerprint density at radius 1 is 1.29 bits per heavy atom. The first-order chi connectivity index (χ1) is 10.1. The minimum absolute atomic E-state index is 0.315. The molecule has 3 N–H and O–H groups in total. The molecule has 0 fully saturated rings. The largest absolute Gasteiger partial charge is 0.467 e. The van der Waals surface area contributed by atoms with Crippen LogP contribution >= 0.6 is 0 Å². The molecule has 0 bridgehead atoms. The van der Waals surface area contributed by atoms with Gasteiger partial charge in [0, 0.05) is 12.1 Å². The van der Waals surface area contributed by atoms with Crippen LogP contribution in [0.5, 0.6) is 0 Å². The number of methoxy groups -OCH3 is 1. The van der Waals surface area contributed by atoms with Crippen LogP contribution in [0.4, 0.5) is 10.5 Å². The molecule has 6 heteroatoms. The van der Waals surface area contributed by atoms with Gasteiger partial charge in [-0.15, -0.1) is 0 Å². The zero-order valence-electron chi connectivity index (χ0n) is 12.4. The lowest BCUT2D eigenvalue weighted by atomic mass is 10.1. The summed E-state index contributed by atoms with van der Waals surface area (Å²) in [6.07, 6.45) is 1.41. The number of rotatable bonds is 7. The van der Waals surface area contributed by atoms with Crippen LogP contribution < -0.4 is 11.1 Å². The Bertz CT molecular complexity index is 459. The Labute approximate surface area is 124 Å². The van der Waals surface area contributed by atoms with Crippen LogP contribution in [0, 0.1) is 0 Å². The third-order valence-corrected chi connectivity index (χ3v) is 2.93. The summed E-state index contributed by atoms with van der Waals surface area (Å²) < 4.78 is 9.69. The summed E-state index contributed by atoms with van der Waals surface area (Å²) in [4.78, 5) is 23.4. The van der Waals surface area contributed by atoms with Crippen molar-refractivity contribution in [2.75, 3.05) is 19.5 Å². The molecule has 0 radical (unpaired) electrons. The van der Waals surface area contributed by atoms with Crippen molar-refractivity contribution < 1.29 is 19.1 Å². The molecule has 1 atom stereocenters. The van der Waals surface area contributed by atoms with E-state index in [0.717, 1.165) is 18.4 Å². The van der Waals surface area contributed by atoms with Gasteiger partial charge in [-0.1, -0.05) is 25.5 Å². The highest BCUT2D eigenvalue weighted by molar-refractivity contribution is 5.81. The second-order valence-corrected chi connectivity index (χ2v) is 4.66. The molecule has 0 aromatic heterocycles. The van der Waals surface area contributed by atoms with Crippen LogP contribution in [0.1, 0.15) is 25.3 Å². The lowest BCUT2D eigenvalue weighted by Gasteiger charge is -2.16. The smallest absolute Gasteiger partial charge is 0.407 e. The van der Waals surface area contributed by atoms with Crippen molar-refractivity contribution in [3.05, 3.63) is 29.8 Å². The molecule has 0 spiro atoms. The molecule has 0 heterocycles. The van der Waals surface area contributed by atoms with E-state index in [1.165, 1.54) is 7.11 Å². The van der Waals surface area contributed by atoms with E-state index in [-0.39, 0.29) is 0 Å². The fraction of sp³-hybridized carbons (Fsp3) is 0.467. The van der Waals surface area contributed by atoms with E-state index in [1.54, 1.807) is 24.3 Å². The number of amides is 1. The monoisotopic (exact) mass is 294 g/mol. The van der Waals surface area contributed by atoms with Gasteiger partial charge in [0.05, 0.1) is 13.7 Å². The Morgan fingerprint density at radius 3 is 2.52 bits per heavy atom. The number of anilines is 1. The van der Waals surface area contributed by atoms with Gasteiger partial charge >= 0.3 is 12.1 Å². The maximum Gasteiger partial charge on any atom is 0.407 e. The van der Waals surface area contributed by atoms with Crippen LogP contribution in [-0.2, 0) is 20.7 Å². The van der Waals surface area contributed by atoms with E-state index < -0.39 is 18.1 Å². The standard InChI is InChI=1S/C15H22N2O4/c1-3-4-9-21-15(19)17-13(14(18)20-2)10-11-5-7-12(16)8-6-11/h5-8,13H,3-4,9-10,16H2,1-2H3,(H,17,19). The van der Waals surface area contributed by atoms with Gasteiger partial charge in [0.25, 0.3) is 0 Å². The van der Waals surface area contributed by atoms with Crippen LogP contribution in [0.25, 0.3) is 0 Å². The van der Waals surface area contributed by atoms with Gasteiger partial charge in [0.15, 0.2) is 0 Å². The molecule has 0 aliphatic carbocycles. The molecule has 0 aliphatic rings. The maximum atomic E-state index is 11.7. The highest BCUT2D eigenvalue weighted by Crippen LogP contribution is 2.09. The van der Waals surface area contributed by atoms with E-state index in [1.807, 2.05) is 6.92 Å². The first kappa shape index (κ1) is 16.8. The molecular weight excluding hydrogens is 272 g/mol. The fourth-order valence-electron chi connectivity index (χ4n) is 1.72. The maximum absolute atomic E-state index is 11.7. The molecule has 0 saturated carbocycles. The number of unbranched alkanes of at least 4 members (excludes halogenated alkanes) is 1. The topological polar surface area (TPSA) is 90.6 Å². The van der Waals surface area contributed by atoms with E-state index in [9.17, 15) is 9.59 Å². The zero-order chi connectivity index (χ0) is 15.7. The molecule has 116 valence electrons.